The van der Waals surface area contributed by atoms with Crippen LogP contribution in [0.1, 0.15) is 11.1 Å². The van der Waals surface area contributed by atoms with Crippen LogP contribution in [0.5, 0.6) is 5.75 Å². The van der Waals surface area contributed by atoms with E-state index in [1.54, 1.807) is 44.2 Å². The molecular weight excluding hydrogens is 566 g/mol. The van der Waals surface area contributed by atoms with Crippen LogP contribution in [0.3, 0.4) is 0 Å². The van der Waals surface area contributed by atoms with Crippen molar-refractivity contribution in [2.45, 2.75) is 23.6 Å². The van der Waals surface area contributed by atoms with Gasteiger partial charge in [-0.1, -0.05) is 24.3 Å². The Labute approximate surface area is 269 Å². The molecule has 4 aromatic carbocycles. The molecule has 0 unspecified atom stereocenters. The number of aromatic hydroxyl groups is 1. The largest absolute Gasteiger partial charge is 0.505 e. The number of aryl methyl sites for hydroxylation is 2. The fourth-order valence-corrected chi connectivity index (χ4v) is 4.82. The van der Waals surface area contributed by atoms with Crippen molar-refractivity contribution in [2.24, 2.45) is 20.5 Å². The Balaban J connectivity index is 0.00000267. The van der Waals surface area contributed by atoms with Gasteiger partial charge >= 0.3 is 0 Å². The van der Waals surface area contributed by atoms with Crippen LogP contribution >= 0.6 is 0 Å². The first-order valence-electron chi connectivity index (χ1n) is 10.6. The molecule has 4 rings (SSSR count). The van der Waals surface area contributed by atoms with Crippen molar-refractivity contribution in [1.29, 1.82) is 0 Å². The zero-order valence-corrected chi connectivity index (χ0v) is 27.1. The van der Waals surface area contributed by atoms with E-state index < -0.39 is 25.1 Å². The van der Waals surface area contributed by atoms with E-state index in [9.17, 15) is 26.5 Å². The third-order valence-corrected chi connectivity index (χ3v) is 7.16. The van der Waals surface area contributed by atoms with Crippen molar-refractivity contribution >= 4 is 113 Å². The molecule has 0 atom stereocenters. The molecule has 39 heavy (non-hydrogen) atoms. The summed E-state index contributed by atoms with van der Waals surface area (Å²) in [6.45, 7) is 3.37. The minimum absolute atomic E-state index is 0. The SMILES string of the molecule is Cc1cc(S(=O)(=O)O)ccc1N=Nc1ccc(N=Nc2cc(S(=O)(=O)O)c3ccccc3c2O)c(C)c1.[Na].[Na]. The molecule has 2 radical (unpaired) electrons. The first kappa shape index (κ1) is 33.2. The van der Waals surface area contributed by atoms with Gasteiger partial charge in [0.05, 0.1) is 22.0 Å². The maximum atomic E-state index is 11.9. The van der Waals surface area contributed by atoms with Gasteiger partial charge in [-0.05, 0) is 67.4 Å². The van der Waals surface area contributed by atoms with Crippen molar-refractivity contribution in [2.75, 3.05) is 0 Å². The predicted molar refractivity (Wildman–Crippen MR) is 147 cm³/mol. The number of phenolic OH excluding ortho intramolecular Hbond substituents is 1. The molecule has 0 saturated carbocycles. The summed E-state index contributed by atoms with van der Waals surface area (Å²) in [6, 6.07) is 16.0. The monoisotopic (exact) mass is 586 g/mol. The van der Waals surface area contributed by atoms with Crippen LogP contribution in [0.4, 0.5) is 22.7 Å². The normalized spacial score (nSPS) is 12.0. The van der Waals surface area contributed by atoms with Gasteiger partial charge in [-0.3, -0.25) is 9.11 Å². The Kier molecular flexibility index (Phi) is 11.1. The second-order valence-corrected chi connectivity index (χ2v) is 10.9. The van der Waals surface area contributed by atoms with E-state index in [1.807, 2.05) is 0 Å². The van der Waals surface area contributed by atoms with Gasteiger partial charge in [-0.2, -0.15) is 32.2 Å². The molecule has 192 valence electrons. The molecule has 0 bridgehead atoms. The van der Waals surface area contributed by atoms with E-state index >= 15 is 0 Å². The molecule has 0 aliphatic rings. The van der Waals surface area contributed by atoms with E-state index in [0.29, 0.717) is 28.2 Å². The average Bonchev–Trinajstić information content (AvgIpc) is 2.82. The molecule has 4 aromatic rings. The number of benzene rings is 4. The summed E-state index contributed by atoms with van der Waals surface area (Å²) in [5.74, 6) is -0.287. The van der Waals surface area contributed by atoms with E-state index in [1.165, 1.54) is 30.3 Å². The van der Waals surface area contributed by atoms with Gasteiger partial charge in [-0.15, -0.1) is 5.11 Å². The second kappa shape index (κ2) is 13.1. The van der Waals surface area contributed by atoms with Crippen molar-refractivity contribution in [3.05, 3.63) is 77.9 Å². The van der Waals surface area contributed by atoms with Crippen LogP contribution in [0.15, 0.2) is 97.0 Å². The first-order valence-corrected chi connectivity index (χ1v) is 13.5. The molecule has 3 N–H and O–H groups in total. The van der Waals surface area contributed by atoms with Crippen molar-refractivity contribution in [1.82, 2.24) is 0 Å². The zero-order chi connectivity index (χ0) is 27.0. The third-order valence-electron chi connectivity index (χ3n) is 5.42. The van der Waals surface area contributed by atoms with Crippen LogP contribution in [-0.2, 0) is 20.2 Å². The summed E-state index contributed by atoms with van der Waals surface area (Å²) in [5, 5.41) is 27.3. The molecule has 15 heteroatoms. The Hall–Kier alpha value is -2.04. The van der Waals surface area contributed by atoms with E-state index in [-0.39, 0.29) is 86.2 Å². The standard InChI is InChI=1S/C24H20N4O7S2.2Na/c1-14-11-16(25-26-21-10-8-17(12-15(21)2)36(30,31)32)7-9-20(14)27-28-22-13-23(37(33,34)35)18-5-3-4-6-19(18)24(22)29;;/h3-13,29H,1-2H3,(H,30,31,32)(H,33,34,35);;. The number of azo groups is 2. The fraction of sp³-hybridized carbons (Fsp3) is 0.0833. The van der Waals surface area contributed by atoms with Gasteiger partial charge in [0.1, 0.15) is 10.6 Å². The van der Waals surface area contributed by atoms with Gasteiger partial charge in [0.15, 0.2) is 5.75 Å². The molecule has 0 aliphatic carbocycles. The molecule has 0 fully saturated rings. The number of nitrogens with zero attached hydrogens (tertiary/aromatic N) is 4. The Morgan fingerprint density at radius 3 is 1.72 bits per heavy atom. The number of hydrogen-bond acceptors (Lipinski definition) is 9. The fourth-order valence-electron chi connectivity index (χ4n) is 3.54. The summed E-state index contributed by atoms with van der Waals surface area (Å²) in [6.07, 6.45) is 0. The summed E-state index contributed by atoms with van der Waals surface area (Å²) >= 11 is 0. The minimum Gasteiger partial charge on any atom is -0.505 e. The van der Waals surface area contributed by atoms with Crippen molar-refractivity contribution < 1.29 is 31.0 Å². The smallest absolute Gasteiger partial charge is 0.295 e. The van der Waals surface area contributed by atoms with Crippen LogP contribution in [-0.4, -0.2) is 90.2 Å². The summed E-state index contributed by atoms with van der Waals surface area (Å²) in [5.41, 5.74) is 2.30. The summed E-state index contributed by atoms with van der Waals surface area (Å²) < 4.78 is 65.0. The predicted octanol–water partition coefficient (Wildman–Crippen LogP) is 5.72. The number of fused-ring (bicyclic) bond motifs is 1. The molecule has 0 heterocycles. The van der Waals surface area contributed by atoms with Crippen LogP contribution in [0.2, 0.25) is 0 Å². The Morgan fingerprint density at radius 1 is 0.615 bits per heavy atom. The average molecular weight is 587 g/mol. The Morgan fingerprint density at radius 2 is 1.15 bits per heavy atom. The van der Waals surface area contributed by atoms with E-state index in [0.717, 1.165) is 6.07 Å². The second-order valence-electron chi connectivity index (χ2n) is 8.06. The van der Waals surface area contributed by atoms with E-state index in [4.69, 9.17) is 4.55 Å². The molecule has 0 aromatic heterocycles. The van der Waals surface area contributed by atoms with Gasteiger partial charge in [0, 0.05) is 69.9 Å². The first-order chi connectivity index (χ1) is 17.3. The third kappa shape index (κ3) is 7.79. The topological polar surface area (TPSA) is 178 Å². The number of hydrogen-bond donors (Lipinski definition) is 3. The van der Waals surface area contributed by atoms with E-state index in [2.05, 4.69) is 20.5 Å². The van der Waals surface area contributed by atoms with Gasteiger partial charge in [0.2, 0.25) is 0 Å². The molecule has 0 spiro atoms. The number of phenols is 1. The Bertz CT molecular complexity index is 1830. The van der Waals surface area contributed by atoms with Gasteiger partial charge in [-0.25, -0.2) is 0 Å². The maximum Gasteiger partial charge on any atom is 0.295 e. The maximum absolute atomic E-state index is 11.9. The molecule has 11 nitrogen and oxygen atoms in total. The summed E-state index contributed by atoms with van der Waals surface area (Å²) in [4.78, 5) is -0.641. The molecule has 0 amide bonds. The van der Waals surface area contributed by atoms with Crippen LogP contribution in [0, 0.1) is 13.8 Å². The van der Waals surface area contributed by atoms with Crippen LogP contribution in [0.25, 0.3) is 10.8 Å². The van der Waals surface area contributed by atoms with Crippen LogP contribution < -0.4 is 0 Å². The van der Waals surface area contributed by atoms with Crippen molar-refractivity contribution in [3.63, 3.8) is 0 Å². The van der Waals surface area contributed by atoms with Crippen molar-refractivity contribution in [3.8, 4) is 5.75 Å². The van der Waals surface area contributed by atoms with Gasteiger partial charge in [0.25, 0.3) is 20.2 Å². The molecule has 0 aliphatic heterocycles. The minimum atomic E-state index is -4.59. The summed E-state index contributed by atoms with van der Waals surface area (Å²) in [7, 11) is -8.90. The number of rotatable bonds is 6. The van der Waals surface area contributed by atoms with Gasteiger partial charge < -0.3 is 5.11 Å². The zero-order valence-electron chi connectivity index (χ0n) is 21.4. The quantitative estimate of drug-likeness (QED) is 0.147. The molecule has 0 saturated heterocycles. The molecular formula is C24H20N4Na2O7S2.